The van der Waals surface area contributed by atoms with Gasteiger partial charge in [0.2, 0.25) is 7.29 Å². The summed E-state index contributed by atoms with van der Waals surface area (Å²) < 4.78 is 14.6. The molecule has 0 spiro atoms. The molecule has 0 saturated heterocycles. The highest BCUT2D eigenvalue weighted by Crippen LogP contribution is 2.43. The first-order chi connectivity index (χ1) is 12.8. The summed E-state index contributed by atoms with van der Waals surface area (Å²) in [5, 5.41) is 14.4. The number of rotatable bonds is 6. The van der Waals surface area contributed by atoms with Crippen LogP contribution in [0.1, 0.15) is 29.2 Å². The number of nitrogens with one attached hydrogen (secondary N) is 1. The molecule has 0 unspecified atom stereocenters. The fraction of sp³-hybridized carbons (Fsp3) is 0.261. The Morgan fingerprint density at radius 3 is 1.74 bits per heavy atom. The van der Waals surface area contributed by atoms with Gasteiger partial charge in [-0.05, 0) is 56.9 Å². The zero-order chi connectivity index (χ0) is 20.0. The van der Waals surface area contributed by atoms with Gasteiger partial charge in [0.05, 0.1) is 6.07 Å². The van der Waals surface area contributed by atoms with E-state index in [1.165, 1.54) is 0 Å². The zero-order valence-electron chi connectivity index (χ0n) is 16.7. The van der Waals surface area contributed by atoms with Crippen LogP contribution >= 0.6 is 7.29 Å². The first-order valence-electron chi connectivity index (χ1n) is 9.05. The van der Waals surface area contributed by atoms with Gasteiger partial charge < -0.3 is 0 Å². The van der Waals surface area contributed by atoms with E-state index >= 15 is 0 Å². The third-order valence-corrected chi connectivity index (χ3v) is 7.89. The van der Waals surface area contributed by atoms with Crippen molar-refractivity contribution in [1.82, 2.24) is 5.09 Å². The van der Waals surface area contributed by atoms with Crippen LogP contribution in [0.5, 0.6) is 0 Å². The summed E-state index contributed by atoms with van der Waals surface area (Å²) in [7, 11) is -3.24. The molecule has 0 bridgehead atoms. The van der Waals surface area contributed by atoms with Gasteiger partial charge in [0.15, 0.2) is 0 Å². The molecule has 0 radical (unpaired) electrons. The number of aryl methyl sites for hydroxylation is 4. The van der Waals surface area contributed by atoms with E-state index in [-0.39, 0.29) is 0 Å². The number of nitriles is 1. The fourth-order valence-electron chi connectivity index (χ4n) is 3.44. The van der Waals surface area contributed by atoms with Gasteiger partial charge in [0.25, 0.3) is 0 Å². The van der Waals surface area contributed by atoms with Crippen LogP contribution in [-0.2, 0) is 4.57 Å². The van der Waals surface area contributed by atoms with Gasteiger partial charge in [-0.15, -0.1) is 0 Å². The Morgan fingerprint density at radius 1 is 0.926 bits per heavy atom. The molecule has 0 aliphatic rings. The molecule has 2 aromatic rings. The number of benzene rings is 2. The average Bonchev–Trinajstić information content (AvgIpc) is 2.60. The highest BCUT2D eigenvalue weighted by Gasteiger charge is 2.34. The normalized spacial score (nSPS) is 13.2. The summed E-state index contributed by atoms with van der Waals surface area (Å²) in [5.74, 6) is 0. The first kappa shape index (κ1) is 20.9. The van der Waals surface area contributed by atoms with Crippen LogP contribution in [0.2, 0.25) is 0 Å². The van der Waals surface area contributed by atoms with Gasteiger partial charge in [-0.1, -0.05) is 60.7 Å². The second kappa shape index (κ2) is 9.00. The van der Waals surface area contributed by atoms with Gasteiger partial charge in [-0.25, -0.2) is 5.09 Å². The van der Waals surface area contributed by atoms with Crippen molar-refractivity contribution in [2.24, 2.45) is 0 Å². The van der Waals surface area contributed by atoms with Crippen molar-refractivity contribution >= 4 is 17.9 Å². The molecule has 0 fully saturated rings. The lowest BCUT2D eigenvalue weighted by Crippen LogP contribution is -2.37. The van der Waals surface area contributed by atoms with Crippen molar-refractivity contribution in [2.45, 2.75) is 40.7 Å². The van der Waals surface area contributed by atoms with E-state index in [2.05, 4.69) is 11.2 Å². The summed E-state index contributed by atoms with van der Waals surface area (Å²) in [6.45, 7) is 9.81. The third-order valence-electron chi connectivity index (χ3n) is 4.58. The predicted octanol–water partition coefficient (Wildman–Crippen LogP) is 4.76. The van der Waals surface area contributed by atoms with E-state index < -0.39 is 13.3 Å². The lowest BCUT2D eigenvalue weighted by atomic mass is 10.1. The maximum atomic E-state index is 14.6. The molecule has 1 N–H and O–H groups in total. The number of hydrogen-bond acceptors (Lipinski definition) is 2. The molecule has 0 aliphatic heterocycles. The van der Waals surface area contributed by atoms with Crippen LogP contribution in [0, 0.1) is 39.0 Å². The molecule has 0 heterocycles. The Labute approximate surface area is 162 Å². The van der Waals surface area contributed by atoms with E-state index in [1.54, 1.807) is 12.2 Å². The predicted molar refractivity (Wildman–Crippen MR) is 115 cm³/mol. The van der Waals surface area contributed by atoms with Crippen LogP contribution in [0.3, 0.4) is 0 Å². The summed E-state index contributed by atoms with van der Waals surface area (Å²) >= 11 is 0. The summed E-state index contributed by atoms with van der Waals surface area (Å²) in [6, 6.07) is 13.4. The molecule has 0 amide bonds. The molecule has 4 heteroatoms. The van der Waals surface area contributed by atoms with E-state index in [9.17, 15) is 9.83 Å². The molecule has 2 aromatic carbocycles. The Hall–Kier alpha value is -2.40. The lowest BCUT2D eigenvalue weighted by Gasteiger charge is -2.28. The summed E-state index contributed by atoms with van der Waals surface area (Å²) in [5.41, 5.74) is 3.84. The highest BCUT2D eigenvalue weighted by molar-refractivity contribution is 7.77. The Kier molecular flexibility index (Phi) is 6.97. The smallest absolute Gasteiger partial charge is 0.206 e. The van der Waals surface area contributed by atoms with Crippen molar-refractivity contribution in [2.75, 3.05) is 0 Å². The van der Waals surface area contributed by atoms with E-state index in [1.807, 2.05) is 83.2 Å². The molecule has 1 atom stereocenters. The topological polar surface area (TPSA) is 52.9 Å². The van der Waals surface area contributed by atoms with Crippen molar-refractivity contribution in [3.8, 4) is 6.07 Å². The second-order valence-corrected chi connectivity index (χ2v) is 9.11. The second-order valence-electron chi connectivity index (χ2n) is 6.74. The quantitative estimate of drug-likeness (QED) is 0.582. The molecule has 27 heavy (non-hydrogen) atoms. The first-order valence-corrected chi connectivity index (χ1v) is 10.8. The summed E-state index contributed by atoms with van der Waals surface area (Å²) in [6.07, 6.45) is 7.30. The third kappa shape index (κ3) is 4.48. The van der Waals surface area contributed by atoms with Crippen molar-refractivity contribution in [1.29, 1.82) is 5.26 Å². The van der Waals surface area contributed by atoms with Crippen LogP contribution in [0.25, 0.3) is 0 Å². The largest absolute Gasteiger partial charge is 0.296 e. The van der Waals surface area contributed by atoms with E-state index in [4.69, 9.17) is 0 Å². The van der Waals surface area contributed by atoms with Gasteiger partial charge in [-0.3, -0.25) is 4.57 Å². The Bertz CT molecular complexity index is 871. The molecule has 0 aliphatic carbocycles. The molecule has 3 nitrogen and oxygen atoms in total. The maximum absolute atomic E-state index is 14.6. The fourth-order valence-corrected chi connectivity index (χ4v) is 6.75. The molecule has 2 rings (SSSR count). The monoisotopic (exact) mass is 378 g/mol. The molecular formula is C23H27N2OP. The van der Waals surface area contributed by atoms with Crippen LogP contribution in [0.15, 0.2) is 60.7 Å². The lowest BCUT2D eigenvalue weighted by molar-refractivity contribution is 0.577. The number of hydrogen-bond donors (Lipinski definition) is 1. The van der Waals surface area contributed by atoms with Gasteiger partial charge in [-0.2, -0.15) is 5.26 Å². The minimum atomic E-state index is -3.24. The van der Waals surface area contributed by atoms with Crippen LogP contribution in [0.4, 0.5) is 0 Å². The minimum absolute atomic E-state index is 0.662. The van der Waals surface area contributed by atoms with Crippen molar-refractivity contribution in [3.05, 3.63) is 83.0 Å². The van der Waals surface area contributed by atoms with Gasteiger partial charge in [0.1, 0.15) is 6.04 Å². The Morgan fingerprint density at radius 2 is 1.37 bits per heavy atom. The minimum Gasteiger partial charge on any atom is -0.296 e. The molecule has 0 saturated carbocycles. The molecular weight excluding hydrogens is 351 g/mol. The van der Waals surface area contributed by atoms with Crippen LogP contribution in [-0.4, -0.2) is 6.04 Å². The average molecular weight is 378 g/mol. The van der Waals surface area contributed by atoms with Crippen LogP contribution < -0.4 is 15.7 Å². The number of allylic oxidation sites excluding steroid dienone is 3. The van der Waals surface area contributed by atoms with Gasteiger partial charge in [0, 0.05) is 10.6 Å². The highest BCUT2D eigenvalue weighted by atomic mass is 31.2. The molecule has 140 valence electrons. The van der Waals surface area contributed by atoms with E-state index in [0.717, 1.165) is 32.9 Å². The zero-order valence-corrected chi connectivity index (χ0v) is 17.5. The maximum Gasteiger partial charge on any atom is 0.206 e. The SMILES string of the molecule is C/C=C/C=C/[C@H](C#N)NP(=O)(c1c(C)cccc1C)c1c(C)cccc1C. The summed E-state index contributed by atoms with van der Waals surface area (Å²) in [4.78, 5) is 0. The van der Waals surface area contributed by atoms with E-state index in [0.29, 0.717) is 0 Å². The van der Waals surface area contributed by atoms with Gasteiger partial charge >= 0.3 is 0 Å². The molecule has 0 aromatic heterocycles. The van der Waals surface area contributed by atoms with Crippen molar-refractivity contribution < 1.29 is 4.57 Å². The standard InChI is InChI=1S/C23H27N2OP/c1-6-7-8-15-21(16-24)25-27(26,22-17(2)11-9-12-18(22)3)23-19(4)13-10-14-20(23)5/h6-15,21H,1-5H3,(H,25,26)/b7-6+,15-8+/t21-/m1/s1. The Balaban J connectivity index is 2.74. The van der Waals surface area contributed by atoms with Crippen molar-refractivity contribution in [3.63, 3.8) is 0 Å². The number of nitrogens with zero attached hydrogens (tertiary/aromatic N) is 1.